The van der Waals surface area contributed by atoms with Crippen LogP contribution >= 0.6 is 0 Å². The molecule has 1 fully saturated rings. The van der Waals surface area contributed by atoms with Gasteiger partial charge in [-0.3, -0.25) is 9.59 Å². The molecule has 0 spiro atoms. The molecule has 2 heterocycles. The van der Waals surface area contributed by atoms with Gasteiger partial charge in [0.15, 0.2) is 0 Å². The molecule has 0 aliphatic carbocycles. The Hall–Kier alpha value is -2.91. The summed E-state index contributed by atoms with van der Waals surface area (Å²) in [6.45, 7) is 7.62. The van der Waals surface area contributed by atoms with E-state index < -0.39 is 15.4 Å². The van der Waals surface area contributed by atoms with Crippen molar-refractivity contribution in [3.8, 4) is 5.75 Å². The molecule has 0 aromatic heterocycles. The molecule has 0 unspecified atom stereocenters. The Bertz CT molecular complexity index is 1190. The van der Waals surface area contributed by atoms with Gasteiger partial charge in [-0.1, -0.05) is 6.92 Å². The van der Waals surface area contributed by atoms with Crippen LogP contribution in [0.5, 0.6) is 5.75 Å². The lowest BCUT2D eigenvalue weighted by Crippen LogP contribution is -2.42. The van der Waals surface area contributed by atoms with Crippen molar-refractivity contribution in [1.29, 1.82) is 0 Å². The van der Waals surface area contributed by atoms with Gasteiger partial charge in [-0.25, -0.2) is 8.42 Å². The van der Waals surface area contributed by atoms with Crippen molar-refractivity contribution in [1.82, 2.24) is 4.31 Å². The fourth-order valence-corrected chi connectivity index (χ4v) is 5.75. The summed E-state index contributed by atoms with van der Waals surface area (Å²) in [5.74, 6) is 0.187. The minimum absolute atomic E-state index is 0.00820. The molecule has 0 bridgehead atoms. The second-order valence-corrected chi connectivity index (χ2v) is 11.3. The zero-order chi connectivity index (χ0) is 24.5. The summed E-state index contributed by atoms with van der Waals surface area (Å²) in [5, 5.41) is 2.84. The Kier molecular flexibility index (Phi) is 6.69. The topological polar surface area (TPSA) is 96.0 Å². The SMILES string of the molecule is CCCN1C(=O)C(C)(C)COc2cc(NC(=O)c3ccc(S(=O)(=O)N4CCCC4)cc3)ccc21. The lowest BCUT2D eigenvalue weighted by Gasteiger charge is -2.27. The molecule has 0 atom stereocenters. The Balaban J connectivity index is 1.52. The number of nitrogens with one attached hydrogen (secondary N) is 1. The molecule has 34 heavy (non-hydrogen) atoms. The number of benzene rings is 2. The molecule has 9 heteroatoms. The molecule has 2 aliphatic rings. The number of fused-ring (bicyclic) bond motifs is 1. The molecule has 0 saturated carbocycles. The van der Waals surface area contributed by atoms with Crippen LogP contribution in [0.25, 0.3) is 0 Å². The standard InChI is InChI=1S/C25H31N3O5S/c1-4-13-28-21-12-9-19(16-22(21)33-17-25(2,3)24(28)30)26-23(29)18-7-10-20(11-8-18)34(31,32)27-14-5-6-15-27/h7-12,16H,4-6,13-15,17H2,1-3H3,(H,26,29). The van der Waals surface area contributed by atoms with E-state index in [1.54, 1.807) is 23.1 Å². The molecular weight excluding hydrogens is 454 g/mol. The quantitative estimate of drug-likeness (QED) is 0.670. The van der Waals surface area contributed by atoms with Crippen molar-refractivity contribution >= 4 is 33.2 Å². The molecule has 2 amide bonds. The first kappa shape index (κ1) is 24.2. The number of amides is 2. The predicted octanol–water partition coefficient (Wildman–Crippen LogP) is 3.89. The van der Waals surface area contributed by atoms with Gasteiger partial charge < -0.3 is 15.0 Å². The maximum Gasteiger partial charge on any atom is 0.255 e. The summed E-state index contributed by atoms with van der Waals surface area (Å²) in [4.78, 5) is 27.7. The number of carbonyl (C=O) groups excluding carboxylic acids is 2. The highest BCUT2D eigenvalue weighted by molar-refractivity contribution is 7.89. The molecule has 1 saturated heterocycles. The van der Waals surface area contributed by atoms with E-state index in [-0.39, 0.29) is 23.3 Å². The van der Waals surface area contributed by atoms with Crippen molar-refractivity contribution in [3.63, 3.8) is 0 Å². The monoisotopic (exact) mass is 485 g/mol. The first-order chi connectivity index (χ1) is 16.1. The van der Waals surface area contributed by atoms with Gasteiger partial charge in [0.05, 0.1) is 16.0 Å². The zero-order valence-electron chi connectivity index (χ0n) is 19.8. The number of hydrogen-bond acceptors (Lipinski definition) is 5. The van der Waals surface area contributed by atoms with Gasteiger partial charge in [0.2, 0.25) is 15.9 Å². The predicted molar refractivity (Wildman–Crippen MR) is 131 cm³/mol. The van der Waals surface area contributed by atoms with Crippen LogP contribution in [0.2, 0.25) is 0 Å². The van der Waals surface area contributed by atoms with Gasteiger partial charge in [0, 0.05) is 37.0 Å². The van der Waals surface area contributed by atoms with Crippen LogP contribution in [0, 0.1) is 5.41 Å². The van der Waals surface area contributed by atoms with Crippen LogP contribution in [0.4, 0.5) is 11.4 Å². The molecule has 8 nitrogen and oxygen atoms in total. The van der Waals surface area contributed by atoms with Crippen molar-refractivity contribution < 1.29 is 22.7 Å². The van der Waals surface area contributed by atoms with E-state index in [0.717, 1.165) is 19.3 Å². The first-order valence-corrected chi connectivity index (χ1v) is 13.1. The summed E-state index contributed by atoms with van der Waals surface area (Å²) < 4.78 is 32.8. The Morgan fingerprint density at radius 3 is 2.41 bits per heavy atom. The average Bonchev–Trinajstić information content (AvgIpc) is 3.35. The van der Waals surface area contributed by atoms with Gasteiger partial charge in [-0.05, 0) is 69.5 Å². The van der Waals surface area contributed by atoms with E-state index in [9.17, 15) is 18.0 Å². The molecular formula is C25H31N3O5S. The Labute approximate surface area is 200 Å². The number of anilines is 2. The van der Waals surface area contributed by atoms with Crippen LogP contribution in [0.15, 0.2) is 47.4 Å². The minimum atomic E-state index is -3.53. The maximum atomic E-state index is 13.0. The third-order valence-electron chi connectivity index (χ3n) is 6.19. The van der Waals surface area contributed by atoms with E-state index in [1.807, 2.05) is 20.8 Å². The Morgan fingerprint density at radius 2 is 1.76 bits per heavy atom. The third-order valence-corrected chi connectivity index (χ3v) is 8.10. The first-order valence-electron chi connectivity index (χ1n) is 11.6. The summed E-state index contributed by atoms with van der Waals surface area (Å²) >= 11 is 0. The largest absolute Gasteiger partial charge is 0.490 e. The van der Waals surface area contributed by atoms with Gasteiger partial charge in [0.25, 0.3) is 5.91 Å². The fourth-order valence-electron chi connectivity index (χ4n) is 4.23. The molecule has 4 rings (SSSR count). The van der Waals surface area contributed by atoms with Gasteiger partial charge in [-0.15, -0.1) is 0 Å². The van der Waals surface area contributed by atoms with Crippen molar-refractivity contribution in [3.05, 3.63) is 48.0 Å². The smallest absolute Gasteiger partial charge is 0.255 e. The van der Waals surface area contributed by atoms with Crippen LogP contribution in [0.1, 0.15) is 50.4 Å². The number of sulfonamides is 1. The second-order valence-electron chi connectivity index (χ2n) is 9.40. The number of hydrogen-bond donors (Lipinski definition) is 1. The van der Waals surface area contributed by atoms with Crippen LogP contribution in [-0.4, -0.2) is 50.8 Å². The average molecular weight is 486 g/mol. The summed E-state index contributed by atoms with van der Waals surface area (Å²) in [5.41, 5.74) is 0.905. The van der Waals surface area contributed by atoms with E-state index >= 15 is 0 Å². The molecule has 0 radical (unpaired) electrons. The van der Waals surface area contributed by atoms with E-state index in [2.05, 4.69) is 5.32 Å². The normalized spacial score (nSPS) is 18.2. The summed E-state index contributed by atoms with van der Waals surface area (Å²) in [7, 11) is -3.53. The van der Waals surface area contributed by atoms with Gasteiger partial charge in [0.1, 0.15) is 12.4 Å². The Morgan fingerprint density at radius 1 is 1.09 bits per heavy atom. The highest BCUT2D eigenvalue weighted by Gasteiger charge is 2.37. The highest BCUT2D eigenvalue weighted by atomic mass is 32.2. The molecule has 2 aromatic carbocycles. The molecule has 2 aliphatic heterocycles. The number of ether oxygens (including phenoxy) is 1. The highest BCUT2D eigenvalue weighted by Crippen LogP contribution is 2.38. The van der Waals surface area contributed by atoms with E-state index in [1.165, 1.54) is 28.6 Å². The fraction of sp³-hybridized carbons (Fsp3) is 0.440. The third kappa shape index (κ3) is 4.67. The second kappa shape index (κ2) is 9.38. The molecule has 2 aromatic rings. The van der Waals surface area contributed by atoms with Gasteiger partial charge in [-0.2, -0.15) is 4.31 Å². The maximum absolute atomic E-state index is 13.0. The lowest BCUT2D eigenvalue weighted by molar-refractivity contribution is -0.127. The van der Waals surface area contributed by atoms with Crippen LogP contribution in [0.3, 0.4) is 0 Å². The number of carbonyl (C=O) groups is 2. The van der Waals surface area contributed by atoms with Gasteiger partial charge >= 0.3 is 0 Å². The number of rotatable bonds is 6. The van der Waals surface area contributed by atoms with Crippen molar-refractivity contribution in [2.45, 2.75) is 44.9 Å². The number of nitrogens with zero attached hydrogens (tertiary/aromatic N) is 2. The van der Waals surface area contributed by atoms with Crippen LogP contribution < -0.4 is 15.0 Å². The summed E-state index contributed by atoms with van der Waals surface area (Å²) in [6.07, 6.45) is 2.54. The van der Waals surface area contributed by atoms with Crippen LogP contribution in [-0.2, 0) is 14.8 Å². The summed E-state index contributed by atoms with van der Waals surface area (Å²) in [6, 6.07) is 11.2. The van der Waals surface area contributed by atoms with E-state index in [0.29, 0.717) is 42.3 Å². The molecule has 1 N–H and O–H groups in total. The van der Waals surface area contributed by atoms with Crippen molar-refractivity contribution in [2.75, 3.05) is 36.5 Å². The zero-order valence-corrected chi connectivity index (χ0v) is 20.7. The minimum Gasteiger partial charge on any atom is -0.490 e. The molecule has 182 valence electrons. The lowest BCUT2D eigenvalue weighted by atomic mass is 9.93. The van der Waals surface area contributed by atoms with Crippen molar-refractivity contribution in [2.24, 2.45) is 5.41 Å². The van der Waals surface area contributed by atoms with E-state index in [4.69, 9.17) is 4.74 Å².